The Morgan fingerprint density at radius 2 is 2.14 bits per heavy atom. The van der Waals surface area contributed by atoms with E-state index in [1.165, 1.54) is 48.4 Å². The molecule has 1 aromatic carbocycles. The molecule has 1 aromatic heterocycles. The average molecular weight is 282 g/mol. The zero-order valence-electron chi connectivity index (χ0n) is 13.0. The van der Waals surface area contributed by atoms with Crippen LogP contribution in [-0.4, -0.2) is 4.98 Å². The minimum absolute atomic E-state index is 0.176. The highest BCUT2D eigenvalue weighted by molar-refractivity contribution is 5.85. The van der Waals surface area contributed by atoms with Gasteiger partial charge in [-0.1, -0.05) is 50.8 Å². The van der Waals surface area contributed by atoms with Gasteiger partial charge in [-0.05, 0) is 42.2 Å². The summed E-state index contributed by atoms with van der Waals surface area (Å²) in [4.78, 5) is 4.31. The summed E-state index contributed by atoms with van der Waals surface area (Å²) in [5.41, 5.74) is 8.00. The molecular formula is C19H26N2. The lowest BCUT2D eigenvalue weighted by molar-refractivity contribution is 0.369. The molecule has 0 spiro atoms. The molecule has 2 unspecified atom stereocenters. The molecule has 2 nitrogen and oxygen atoms in total. The largest absolute Gasteiger partial charge is 0.321 e. The van der Waals surface area contributed by atoms with E-state index in [9.17, 15) is 0 Å². The van der Waals surface area contributed by atoms with Gasteiger partial charge in [0, 0.05) is 23.3 Å². The fourth-order valence-electron chi connectivity index (χ4n) is 3.95. The standard InChI is InChI=1S/C19H26N2/c1-2-5-15-6-4-11-19(20,12-9-15)18-8-3-7-16-10-13-21-14-17(16)18/h3,7-8,10,13-15H,2,4-6,9,11-12,20H2,1H3. The molecule has 1 heterocycles. The topological polar surface area (TPSA) is 38.9 Å². The normalized spacial score (nSPS) is 26.7. The molecule has 1 aliphatic carbocycles. The molecule has 1 fully saturated rings. The van der Waals surface area contributed by atoms with Crippen LogP contribution in [0.15, 0.2) is 36.7 Å². The second-order valence-electron chi connectivity index (χ2n) is 6.64. The molecular weight excluding hydrogens is 256 g/mol. The van der Waals surface area contributed by atoms with E-state index in [1.807, 2.05) is 12.4 Å². The number of nitrogens with two attached hydrogens (primary N) is 1. The van der Waals surface area contributed by atoms with E-state index in [4.69, 9.17) is 5.73 Å². The van der Waals surface area contributed by atoms with Gasteiger partial charge in [-0.15, -0.1) is 0 Å². The summed E-state index contributed by atoms with van der Waals surface area (Å²) < 4.78 is 0. The lowest BCUT2D eigenvalue weighted by Gasteiger charge is -2.30. The molecule has 2 atom stereocenters. The van der Waals surface area contributed by atoms with Gasteiger partial charge in [-0.2, -0.15) is 0 Å². The third-order valence-corrected chi connectivity index (χ3v) is 5.15. The molecule has 2 N–H and O–H groups in total. The number of aromatic nitrogens is 1. The van der Waals surface area contributed by atoms with Crippen LogP contribution in [0.3, 0.4) is 0 Å². The Kier molecular flexibility index (Phi) is 4.25. The highest BCUT2D eigenvalue weighted by Gasteiger charge is 2.32. The van der Waals surface area contributed by atoms with Crippen molar-refractivity contribution in [2.45, 2.75) is 57.4 Å². The molecule has 1 saturated carbocycles. The van der Waals surface area contributed by atoms with E-state index < -0.39 is 0 Å². The van der Waals surface area contributed by atoms with Gasteiger partial charge >= 0.3 is 0 Å². The van der Waals surface area contributed by atoms with Crippen molar-refractivity contribution < 1.29 is 0 Å². The predicted molar refractivity (Wildman–Crippen MR) is 89.1 cm³/mol. The third-order valence-electron chi connectivity index (χ3n) is 5.15. The Hall–Kier alpha value is -1.41. The SMILES string of the molecule is CCCC1CCCC(N)(c2cccc3ccncc23)CC1. The van der Waals surface area contributed by atoms with Crippen LogP contribution < -0.4 is 5.73 Å². The highest BCUT2D eigenvalue weighted by atomic mass is 14.7. The Morgan fingerprint density at radius 1 is 1.24 bits per heavy atom. The van der Waals surface area contributed by atoms with Crippen LogP contribution in [0, 0.1) is 5.92 Å². The number of rotatable bonds is 3. The zero-order chi connectivity index (χ0) is 14.7. The summed E-state index contributed by atoms with van der Waals surface area (Å²) in [5.74, 6) is 0.869. The van der Waals surface area contributed by atoms with Crippen molar-refractivity contribution in [3.8, 4) is 0 Å². The Labute approximate surface area is 127 Å². The maximum atomic E-state index is 6.88. The molecule has 1 aliphatic rings. The summed E-state index contributed by atoms with van der Waals surface area (Å²) in [6.45, 7) is 2.29. The zero-order valence-corrected chi connectivity index (χ0v) is 13.0. The number of benzene rings is 1. The number of hydrogen-bond donors (Lipinski definition) is 1. The van der Waals surface area contributed by atoms with Gasteiger partial charge in [0.05, 0.1) is 0 Å². The van der Waals surface area contributed by atoms with Crippen LogP contribution in [0.1, 0.15) is 57.4 Å². The van der Waals surface area contributed by atoms with Crippen molar-refractivity contribution >= 4 is 10.8 Å². The quantitative estimate of drug-likeness (QED) is 0.824. The van der Waals surface area contributed by atoms with Crippen LogP contribution in [0.5, 0.6) is 0 Å². The van der Waals surface area contributed by atoms with Gasteiger partial charge in [0.15, 0.2) is 0 Å². The summed E-state index contributed by atoms with van der Waals surface area (Å²) in [6.07, 6.45) is 12.5. The van der Waals surface area contributed by atoms with Gasteiger partial charge < -0.3 is 5.73 Å². The molecule has 0 aliphatic heterocycles. The van der Waals surface area contributed by atoms with Crippen molar-refractivity contribution in [3.63, 3.8) is 0 Å². The third kappa shape index (κ3) is 2.96. The molecule has 0 radical (unpaired) electrons. The van der Waals surface area contributed by atoms with Crippen LogP contribution in [-0.2, 0) is 5.54 Å². The Morgan fingerprint density at radius 3 is 3.00 bits per heavy atom. The number of hydrogen-bond acceptors (Lipinski definition) is 2. The average Bonchev–Trinajstić information content (AvgIpc) is 2.70. The van der Waals surface area contributed by atoms with E-state index in [-0.39, 0.29) is 5.54 Å². The molecule has 2 aromatic rings. The summed E-state index contributed by atoms with van der Waals surface area (Å²) in [5, 5.41) is 2.48. The van der Waals surface area contributed by atoms with Gasteiger partial charge in [-0.3, -0.25) is 4.98 Å². The van der Waals surface area contributed by atoms with Gasteiger partial charge in [-0.25, -0.2) is 0 Å². The van der Waals surface area contributed by atoms with Gasteiger partial charge in [0.2, 0.25) is 0 Å². The minimum atomic E-state index is -0.176. The fraction of sp³-hybridized carbons (Fsp3) is 0.526. The van der Waals surface area contributed by atoms with Crippen molar-refractivity contribution in [1.29, 1.82) is 0 Å². The Bertz CT molecular complexity index is 602. The van der Waals surface area contributed by atoms with Crippen LogP contribution in [0.2, 0.25) is 0 Å². The van der Waals surface area contributed by atoms with Crippen molar-refractivity contribution in [3.05, 3.63) is 42.2 Å². The highest BCUT2D eigenvalue weighted by Crippen LogP contribution is 2.39. The van der Waals surface area contributed by atoms with E-state index in [1.54, 1.807) is 0 Å². The Balaban J connectivity index is 1.93. The van der Waals surface area contributed by atoms with Crippen LogP contribution in [0.25, 0.3) is 10.8 Å². The maximum absolute atomic E-state index is 6.88. The molecule has 2 heteroatoms. The van der Waals surface area contributed by atoms with Crippen LogP contribution in [0.4, 0.5) is 0 Å². The second kappa shape index (κ2) is 6.15. The second-order valence-corrected chi connectivity index (χ2v) is 6.64. The lowest BCUT2D eigenvalue weighted by atomic mass is 9.81. The van der Waals surface area contributed by atoms with Gasteiger partial charge in [0.1, 0.15) is 0 Å². The minimum Gasteiger partial charge on any atom is -0.321 e. The van der Waals surface area contributed by atoms with E-state index in [0.29, 0.717) is 0 Å². The summed E-state index contributed by atoms with van der Waals surface area (Å²) in [7, 11) is 0. The number of pyridine rings is 1. The molecule has 112 valence electrons. The van der Waals surface area contributed by atoms with E-state index in [2.05, 4.69) is 36.2 Å². The lowest BCUT2D eigenvalue weighted by Crippen LogP contribution is -2.36. The van der Waals surface area contributed by atoms with Gasteiger partial charge in [0.25, 0.3) is 0 Å². The first kappa shape index (κ1) is 14.5. The number of nitrogens with zero attached hydrogens (tertiary/aromatic N) is 1. The van der Waals surface area contributed by atoms with Crippen molar-refractivity contribution in [2.75, 3.05) is 0 Å². The molecule has 21 heavy (non-hydrogen) atoms. The molecule has 0 bridgehead atoms. The molecule has 3 rings (SSSR count). The fourth-order valence-corrected chi connectivity index (χ4v) is 3.95. The molecule has 0 amide bonds. The first-order valence-electron chi connectivity index (χ1n) is 8.35. The van der Waals surface area contributed by atoms with Crippen LogP contribution >= 0.6 is 0 Å². The van der Waals surface area contributed by atoms with Crippen molar-refractivity contribution in [1.82, 2.24) is 4.98 Å². The first-order valence-corrected chi connectivity index (χ1v) is 8.35. The van der Waals surface area contributed by atoms with E-state index in [0.717, 1.165) is 18.8 Å². The monoisotopic (exact) mass is 282 g/mol. The summed E-state index contributed by atoms with van der Waals surface area (Å²) >= 11 is 0. The summed E-state index contributed by atoms with van der Waals surface area (Å²) in [6, 6.07) is 8.59. The maximum Gasteiger partial charge on any atom is 0.0416 e. The first-order chi connectivity index (χ1) is 10.2. The number of fused-ring (bicyclic) bond motifs is 1. The van der Waals surface area contributed by atoms with E-state index >= 15 is 0 Å². The van der Waals surface area contributed by atoms with Crippen molar-refractivity contribution in [2.24, 2.45) is 11.7 Å². The smallest absolute Gasteiger partial charge is 0.0416 e. The molecule has 0 saturated heterocycles. The predicted octanol–water partition coefficient (Wildman–Crippen LogP) is 4.77.